The number of hydrogen-bond acceptors (Lipinski definition) is 4. The summed E-state index contributed by atoms with van der Waals surface area (Å²) in [5.74, 6) is 0.622. The maximum Gasteiger partial charge on any atom is 0.260 e. The molecule has 1 aliphatic rings. The number of ketones is 1. The van der Waals surface area contributed by atoms with Crippen molar-refractivity contribution in [1.82, 2.24) is 9.80 Å². The fourth-order valence-electron chi connectivity index (χ4n) is 3.24. The van der Waals surface area contributed by atoms with Crippen molar-refractivity contribution in [3.8, 4) is 5.75 Å². The van der Waals surface area contributed by atoms with E-state index in [9.17, 15) is 14.4 Å². The van der Waals surface area contributed by atoms with Gasteiger partial charge >= 0.3 is 0 Å². The van der Waals surface area contributed by atoms with Crippen LogP contribution in [0.4, 0.5) is 0 Å². The number of ether oxygens (including phenoxy) is 1. The predicted molar refractivity (Wildman–Crippen MR) is 115 cm³/mol. The van der Waals surface area contributed by atoms with E-state index in [1.54, 1.807) is 41.0 Å². The Hall–Kier alpha value is -2.86. The van der Waals surface area contributed by atoms with E-state index in [-0.39, 0.29) is 24.2 Å². The fraction of sp³-hybridized carbons (Fsp3) is 0.348. The third kappa shape index (κ3) is 6.07. The Morgan fingerprint density at radius 3 is 2.10 bits per heavy atom. The second-order valence-corrected chi connectivity index (χ2v) is 7.75. The van der Waals surface area contributed by atoms with Gasteiger partial charge in [-0.3, -0.25) is 9.59 Å². The molecule has 0 aromatic heterocycles. The van der Waals surface area contributed by atoms with Gasteiger partial charge in [0.25, 0.3) is 11.8 Å². The first-order valence-corrected chi connectivity index (χ1v) is 10.3. The quantitative estimate of drug-likeness (QED) is 0.679. The Bertz CT molecular complexity index is 888. The zero-order chi connectivity index (χ0) is 21.5. The average molecular weight is 429 g/mol. The number of Topliss-reactive ketones (excluding diaryl/α,β-unsaturated/α-hetero) is 1. The number of amides is 2. The number of halogens is 1. The maximum absolute atomic E-state index is 12.5. The van der Waals surface area contributed by atoms with Crippen molar-refractivity contribution in [2.24, 2.45) is 0 Å². The van der Waals surface area contributed by atoms with Crippen LogP contribution in [-0.2, 0) is 16.0 Å². The number of carbonyl (C=O) groups excluding carboxylic acids is 3. The largest absolute Gasteiger partial charge is 0.484 e. The highest BCUT2D eigenvalue weighted by molar-refractivity contribution is 6.30. The van der Waals surface area contributed by atoms with Crippen LogP contribution in [0, 0.1) is 0 Å². The van der Waals surface area contributed by atoms with Crippen LogP contribution in [0.2, 0.25) is 5.02 Å². The minimum absolute atomic E-state index is 0.0437. The van der Waals surface area contributed by atoms with Crippen LogP contribution < -0.4 is 4.74 Å². The predicted octanol–water partition coefficient (Wildman–Crippen LogP) is 3.23. The monoisotopic (exact) mass is 428 g/mol. The van der Waals surface area contributed by atoms with Gasteiger partial charge in [-0.1, -0.05) is 23.7 Å². The van der Waals surface area contributed by atoms with E-state index in [2.05, 4.69) is 0 Å². The topological polar surface area (TPSA) is 66.9 Å². The van der Waals surface area contributed by atoms with Crippen molar-refractivity contribution in [3.63, 3.8) is 0 Å². The molecule has 0 unspecified atom stereocenters. The van der Waals surface area contributed by atoms with Crippen LogP contribution in [-0.4, -0.2) is 60.2 Å². The standard InChI is InChI=1S/C23H25ClN2O4/c1-17(27)2-3-18-4-10-21(11-5-18)30-16-22(28)25-12-14-26(15-13-25)23(29)19-6-8-20(24)9-7-19/h4-11H,2-3,12-16H2,1H3. The molecule has 0 spiro atoms. The summed E-state index contributed by atoms with van der Waals surface area (Å²) in [5.41, 5.74) is 1.65. The van der Waals surface area contributed by atoms with E-state index in [1.807, 2.05) is 24.3 Å². The molecule has 3 rings (SSSR count). The Morgan fingerprint density at radius 1 is 0.900 bits per heavy atom. The number of rotatable bonds is 7. The summed E-state index contributed by atoms with van der Waals surface area (Å²) in [6, 6.07) is 14.2. The molecular formula is C23H25ClN2O4. The molecule has 0 aliphatic carbocycles. The highest BCUT2D eigenvalue weighted by Gasteiger charge is 2.25. The summed E-state index contributed by atoms with van der Waals surface area (Å²) in [6.45, 7) is 3.46. The zero-order valence-corrected chi connectivity index (χ0v) is 17.7. The van der Waals surface area contributed by atoms with Gasteiger partial charge < -0.3 is 19.3 Å². The van der Waals surface area contributed by atoms with Crippen LogP contribution in [0.1, 0.15) is 29.3 Å². The average Bonchev–Trinajstić information content (AvgIpc) is 2.77. The SMILES string of the molecule is CC(=O)CCc1ccc(OCC(=O)N2CCN(C(=O)c3ccc(Cl)cc3)CC2)cc1. The molecule has 2 aromatic rings. The zero-order valence-electron chi connectivity index (χ0n) is 17.0. The van der Waals surface area contributed by atoms with Gasteiger partial charge in [0, 0.05) is 43.2 Å². The Balaban J connectivity index is 1.43. The van der Waals surface area contributed by atoms with Gasteiger partial charge in [-0.05, 0) is 55.3 Å². The summed E-state index contributed by atoms with van der Waals surface area (Å²) in [4.78, 5) is 39.5. The summed E-state index contributed by atoms with van der Waals surface area (Å²) < 4.78 is 5.61. The second kappa shape index (κ2) is 10.3. The van der Waals surface area contributed by atoms with Gasteiger partial charge in [0.15, 0.2) is 6.61 Å². The summed E-state index contributed by atoms with van der Waals surface area (Å²) in [6.07, 6.45) is 1.22. The van der Waals surface area contributed by atoms with E-state index >= 15 is 0 Å². The Morgan fingerprint density at radius 2 is 1.50 bits per heavy atom. The Kier molecular flexibility index (Phi) is 7.46. The van der Waals surface area contributed by atoms with Crippen molar-refractivity contribution in [3.05, 3.63) is 64.7 Å². The first kappa shape index (κ1) is 21.8. The fourth-order valence-corrected chi connectivity index (χ4v) is 3.37. The minimum Gasteiger partial charge on any atom is -0.484 e. The number of benzene rings is 2. The van der Waals surface area contributed by atoms with Crippen LogP contribution in [0.15, 0.2) is 48.5 Å². The lowest BCUT2D eigenvalue weighted by Gasteiger charge is -2.34. The number of hydrogen-bond donors (Lipinski definition) is 0. The molecule has 1 fully saturated rings. The number of carbonyl (C=O) groups is 3. The maximum atomic E-state index is 12.5. The van der Waals surface area contributed by atoms with Crippen molar-refractivity contribution in [2.45, 2.75) is 19.8 Å². The lowest BCUT2D eigenvalue weighted by molar-refractivity contribution is -0.134. The molecule has 0 atom stereocenters. The second-order valence-electron chi connectivity index (χ2n) is 7.31. The molecule has 158 valence electrons. The minimum atomic E-state index is -0.103. The van der Waals surface area contributed by atoms with E-state index in [0.29, 0.717) is 55.4 Å². The summed E-state index contributed by atoms with van der Waals surface area (Å²) >= 11 is 5.87. The highest BCUT2D eigenvalue weighted by atomic mass is 35.5. The van der Waals surface area contributed by atoms with Gasteiger partial charge in [-0.25, -0.2) is 0 Å². The highest BCUT2D eigenvalue weighted by Crippen LogP contribution is 2.15. The van der Waals surface area contributed by atoms with Crippen molar-refractivity contribution in [1.29, 1.82) is 0 Å². The molecule has 30 heavy (non-hydrogen) atoms. The van der Waals surface area contributed by atoms with Crippen LogP contribution in [0.5, 0.6) is 5.75 Å². The molecular weight excluding hydrogens is 404 g/mol. The molecule has 1 aliphatic heterocycles. The van der Waals surface area contributed by atoms with Crippen molar-refractivity contribution in [2.75, 3.05) is 32.8 Å². The molecule has 7 heteroatoms. The Labute approximate surface area is 181 Å². The van der Waals surface area contributed by atoms with Gasteiger partial charge in [0.1, 0.15) is 11.5 Å². The van der Waals surface area contributed by atoms with Crippen LogP contribution in [0.25, 0.3) is 0 Å². The number of nitrogens with zero attached hydrogens (tertiary/aromatic N) is 2. The molecule has 6 nitrogen and oxygen atoms in total. The molecule has 0 radical (unpaired) electrons. The van der Waals surface area contributed by atoms with Gasteiger partial charge in [0.2, 0.25) is 0 Å². The smallest absolute Gasteiger partial charge is 0.260 e. The molecule has 0 saturated carbocycles. The lowest BCUT2D eigenvalue weighted by atomic mass is 10.1. The first-order chi connectivity index (χ1) is 14.4. The van der Waals surface area contributed by atoms with Gasteiger partial charge in [-0.15, -0.1) is 0 Å². The van der Waals surface area contributed by atoms with Gasteiger partial charge in [-0.2, -0.15) is 0 Å². The first-order valence-electron chi connectivity index (χ1n) is 9.96. The van der Waals surface area contributed by atoms with E-state index in [0.717, 1.165) is 5.56 Å². The molecule has 2 amide bonds. The molecule has 1 saturated heterocycles. The third-order valence-electron chi connectivity index (χ3n) is 5.06. The van der Waals surface area contributed by atoms with Gasteiger partial charge in [0.05, 0.1) is 0 Å². The number of aryl methyl sites for hydroxylation is 1. The van der Waals surface area contributed by atoms with E-state index in [1.165, 1.54) is 0 Å². The molecule has 0 bridgehead atoms. The van der Waals surface area contributed by atoms with Crippen LogP contribution >= 0.6 is 11.6 Å². The molecule has 0 N–H and O–H groups in total. The van der Waals surface area contributed by atoms with E-state index in [4.69, 9.17) is 16.3 Å². The van der Waals surface area contributed by atoms with E-state index < -0.39 is 0 Å². The summed E-state index contributed by atoms with van der Waals surface area (Å²) in [5, 5.41) is 0.590. The summed E-state index contributed by atoms with van der Waals surface area (Å²) in [7, 11) is 0. The lowest BCUT2D eigenvalue weighted by Crippen LogP contribution is -2.51. The normalized spacial score (nSPS) is 13.8. The third-order valence-corrected chi connectivity index (χ3v) is 5.31. The molecule has 2 aromatic carbocycles. The van der Waals surface area contributed by atoms with Crippen molar-refractivity contribution >= 4 is 29.2 Å². The van der Waals surface area contributed by atoms with Crippen LogP contribution in [0.3, 0.4) is 0 Å². The molecule has 1 heterocycles. The number of piperazine rings is 1. The van der Waals surface area contributed by atoms with Crippen molar-refractivity contribution < 1.29 is 19.1 Å².